The van der Waals surface area contributed by atoms with Crippen LogP contribution in [-0.2, 0) is 20.1 Å². The van der Waals surface area contributed by atoms with E-state index >= 15 is 0 Å². The number of hydrogen-bond donors (Lipinski definition) is 1. The van der Waals surface area contributed by atoms with Crippen molar-refractivity contribution < 1.29 is 0 Å². The lowest BCUT2D eigenvalue weighted by molar-refractivity contribution is 0.568. The molecule has 6 heteroatoms. The molecule has 2 aromatic rings. The largest absolute Gasteiger partial charge is 0.334 e. The lowest BCUT2D eigenvalue weighted by Gasteiger charge is -2.06. The summed E-state index contributed by atoms with van der Waals surface area (Å²) in [6.45, 7) is 4.56. The number of rotatable bonds is 5. The van der Waals surface area contributed by atoms with Gasteiger partial charge in [0.15, 0.2) is 0 Å². The van der Waals surface area contributed by atoms with Crippen molar-refractivity contribution in [2.45, 2.75) is 20.0 Å². The van der Waals surface area contributed by atoms with E-state index in [1.54, 1.807) is 6.33 Å². The van der Waals surface area contributed by atoms with Crippen LogP contribution in [0.25, 0.3) is 0 Å². The SMILES string of the molecule is Cc1nccn1CCNCc1nncn1C. The summed E-state index contributed by atoms with van der Waals surface area (Å²) in [5.41, 5.74) is 0. The van der Waals surface area contributed by atoms with Gasteiger partial charge in [0.05, 0.1) is 6.54 Å². The van der Waals surface area contributed by atoms with E-state index in [-0.39, 0.29) is 0 Å². The predicted molar refractivity (Wildman–Crippen MR) is 59.7 cm³/mol. The molecular formula is C10H16N6. The van der Waals surface area contributed by atoms with Crippen LogP contribution in [0.4, 0.5) is 0 Å². The molecule has 0 aliphatic carbocycles. The first-order valence-electron chi connectivity index (χ1n) is 5.28. The minimum Gasteiger partial charge on any atom is -0.334 e. The lowest BCUT2D eigenvalue weighted by atomic mass is 10.5. The Morgan fingerprint density at radius 2 is 2.31 bits per heavy atom. The molecule has 0 saturated carbocycles. The van der Waals surface area contributed by atoms with Gasteiger partial charge in [-0.3, -0.25) is 0 Å². The van der Waals surface area contributed by atoms with E-state index in [9.17, 15) is 0 Å². The maximum atomic E-state index is 4.17. The van der Waals surface area contributed by atoms with Gasteiger partial charge >= 0.3 is 0 Å². The van der Waals surface area contributed by atoms with Gasteiger partial charge in [0.1, 0.15) is 18.0 Å². The van der Waals surface area contributed by atoms with E-state index in [4.69, 9.17) is 0 Å². The van der Waals surface area contributed by atoms with Crippen LogP contribution in [0.2, 0.25) is 0 Å². The first-order chi connectivity index (χ1) is 7.77. The first kappa shape index (κ1) is 10.8. The zero-order valence-corrected chi connectivity index (χ0v) is 9.59. The summed E-state index contributed by atoms with van der Waals surface area (Å²) in [6, 6.07) is 0. The summed E-state index contributed by atoms with van der Waals surface area (Å²) < 4.78 is 4.03. The quantitative estimate of drug-likeness (QED) is 0.727. The predicted octanol–water partition coefficient (Wildman–Crippen LogP) is 0.110. The highest BCUT2D eigenvalue weighted by molar-refractivity contribution is 4.88. The molecule has 0 aliphatic heterocycles. The van der Waals surface area contributed by atoms with Crippen molar-refractivity contribution in [3.8, 4) is 0 Å². The number of nitrogens with zero attached hydrogens (tertiary/aromatic N) is 5. The van der Waals surface area contributed by atoms with Crippen molar-refractivity contribution in [1.82, 2.24) is 29.6 Å². The Morgan fingerprint density at radius 3 is 2.94 bits per heavy atom. The van der Waals surface area contributed by atoms with E-state index in [1.165, 1.54) is 0 Å². The topological polar surface area (TPSA) is 60.6 Å². The van der Waals surface area contributed by atoms with Crippen LogP contribution in [-0.4, -0.2) is 30.9 Å². The van der Waals surface area contributed by atoms with Crippen molar-refractivity contribution in [1.29, 1.82) is 0 Å². The second-order valence-corrected chi connectivity index (χ2v) is 3.70. The molecule has 2 aromatic heterocycles. The fraction of sp³-hybridized carbons (Fsp3) is 0.500. The van der Waals surface area contributed by atoms with Gasteiger partial charge in [0, 0.05) is 32.5 Å². The summed E-state index contributed by atoms with van der Waals surface area (Å²) in [4.78, 5) is 4.17. The Bertz CT molecular complexity index is 401. The monoisotopic (exact) mass is 220 g/mol. The highest BCUT2D eigenvalue weighted by Crippen LogP contribution is 1.94. The fourth-order valence-electron chi connectivity index (χ4n) is 1.51. The van der Waals surface area contributed by atoms with Gasteiger partial charge in [0.25, 0.3) is 0 Å². The molecule has 1 N–H and O–H groups in total. The van der Waals surface area contributed by atoms with Crippen LogP contribution in [0.3, 0.4) is 0 Å². The molecule has 0 fully saturated rings. The third-order valence-corrected chi connectivity index (χ3v) is 2.54. The third kappa shape index (κ3) is 2.46. The van der Waals surface area contributed by atoms with Gasteiger partial charge in [-0.1, -0.05) is 0 Å². The summed E-state index contributed by atoms with van der Waals surface area (Å²) >= 11 is 0. The van der Waals surface area contributed by atoms with Crippen molar-refractivity contribution in [2.24, 2.45) is 7.05 Å². The number of aryl methyl sites for hydroxylation is 2. The molecule has 0 radical (unpaired) electrons. The van der Waals surface area contributed by atoms with Crippen LogP contribution < -0.4 is 5.32 Å². The maximum Gasteiger partial charge on any atom is 0.146 e. The average Bonchev–Trinajstić information content (AvgIpc) is 2.84. The van der Waals surface area contributed by atoms with Crippen LogP contribution in [0.15, 0.2) is 18.7 Å². The molecule has 0 amide bonds. The fourth-order valence-corrected chi connectivity index (χ4v) is 1.51. The van der Waals surface area contributed by atoms with E-state index in [1.807, 2.05) is 30.9 Å². The standard InChI is InChI=1S/C10H16N6/c1-9-12-4-6-16(9)5-3-11-7-10-14-13-8-15(10)2/h4,6,8,11H,3,5,7H2,1-2H3. The molecule has 16 heavy (non-hydrogen) atoms. The third-order valence-electron chi connectivity index (χ3n) is 2.54. The zero-order valence-electron chi connectivity index (χ0n) is 9.59. The molecule has 6 nitrogen and oxygen atoms in total. The van der Waals surface area contributed by atoms with Crippen molar-refractivity contribution in [3.63, 3.8) is 0 Å². The highest BCUT2D eigenvalue weighted by Gasteiger charge is 2.00. The molecule has 0 bridgehead atoms. The molecule has 2 heterocycles. The molecule has 86 valence electrons. The van der Waals surface area contributed by atoms with Gasteiger partial charge in [-0.2, -0.15) is 0 Å². The molecule has 2 rings (SSSR count). The Morgan fingerprint density at radius 1 is 1.44 bits per heavy atom. The van der Waals surface area contributed by atoms with Crippen LogP contribution >= 0.6 is 0 Å². The lowest BCUT2D eigenvalue weighted by Crippen LogP contribution is -2.21. The summed E-state index contributed by atoms with van der Waals surface area (Å²) in [5, 5.41) is 11.1. The van der Waals surface area contributed by atoms with Gasteiger partial charge in [-0.05, 0) is 6.92 Å². The van der Waals surface area contributed by atoms with Gasteiger partial charge in [-0.15, -0.1) is 10.2 Å². The molecule has 0 atom stereocenters. The molecule has 0 aromatic carbocycles. The summed E-state index contributed by atoms with van der Waals surface area (Å²) in [5.74, 6) is 1.99. The van der Waals surface area contributed by atoms with Gasteiger partial charge < -0.3 is 14.5 Å². The summed E-state index contributed by atoms with van der Waals surface area (Å²) in [6.07, 6.45) is 5.51. The van der Waals surface area contributed by atoms with Crippen LogP contribution in [0, 0.1) is 6.92 Å². The molecule has 0 aliphatic rings. The van der Waals surface area contributed by atoms with Gasteiger partial charge in [0.2, 0.25) is 0 Å². The van der Waals surface area contributed by atoms with Crippen LogP contribution in [0.5, 0.6) is 0 Å². The average molecular weight is 220 g/mol. The first-order valence-corrected chi connectivity index (χ1v) is 5.28. The van der Waals surface area contributed by atoms with Crippen molar-refractivity contribution in [3.05, 3.63) is 30.4 Å². The van der Waals surface area contributed by atoms with E-state index in [0.29, 0.717) is 0 Å². The highest BCUT2D eigenvalue weighted by atomic mass is 15.3. The molecule has 0 spiro atoms. The van der Waals surface area contributed by atoms with Gasteiger partial charge in [-0.25, -0.2) is 4.98 Å². The molecular weight excluding hydrogens is 204 g/mol. The molecule has 0 unspecified atom stereocenters. The Hall–Kier alpha value is -1.69. The Labute approximate surface area is 94.3 Å². The Kier molecular flexibility index (Phi) is 3.31. The number of imidazole rings is 1. The van der Waals surface area contributed by atoms with E-state index in [2.05, 4.69) is 25.1 Å². The molecule has 0 saturated heterocycles. The second kappa shape index (κ2) is 4.89. The smallest absolute Gasteiger partial charge is 0.146 e. The second-order valence-electron chi connectivity index (χ2n) is 3.70. The minimum atomic E-state index is 0.740. The van der Waals surface area contributed by atoms with Crippen molar-refractivity contribution in [2.75, 3.05) is 6.54 Å². The summed E-state index contributed by atoms with van der Waals surface area (Å²) in [7, 11) is 1.94. The number of aromatic nitrogens is 5. The number of nitrogens with one attached hydrogen (secondary N) is 1. The van der Waals surface area contributed by atoms with Crippen LogP contribution in [0.1, 0.15) is 11.6 Å². The Balaban J connectivity index is 1.74. The normalized spacial score (nSPS) is 10.9. The number of hydrogen-bond acceptors (Lipinski definition) is 4. The maximum absolute atomic E-state index is 4.17. The van der Waals surface area contributed by atoms with E-state index in [0.717, 1.165) is 31.3 Å². The zero-order chi connectivity index (χ0) is 11.4. The van der Waals surface area contributed by atoms with E-state index < -0.39 is 0 Å². The minimum absolute atomic E-state index is 0.740. The van der Waals surface area contributed by atoms with Crippen molar-refractivity contribution >= 4 is 0 Å².